The van der Waals surface area contributed by atoms with Crippen LogP contribution in [0.15, 0.2) is 29.2 Å². The molecule has 2 aromatic heterocycles. The third kappa shape index (κ3) is 2.52. The molecule has 100 valence electrons. The number of methoxy groups -OCH3 is 1. The Balaban J connectivity index is 2.57. The Hall–Kier alpha value is -2.48. The molecule has 0 aliphatic rings. The molecule has 2 aromatic rings. The molecule has 0 bridgehead atoms. The highest BCUT2D eigenvalue weighted by Crippen LogP contribution is 2.17. The summed E-state index contributed by atoms with van der Waals surface area (Å²) >= 11 is 0. The Morgan fingerprint density at radius 3 is 3.00 bits per heavy atom. The minimum Gasteiger partial charge on any atom is -0.383 e. The van der Waals surface area contributed by atoms with Crippen LogP contribution < -0.4 is 10.9 Å². The molecule has 8 heteroatoms. The highest BCUT2D eigenvalue weighted by molar-refractivity contribution is 5.59. The first kappa shape index (κ1) is 13.0. The van der Waals surface area contributed by atoms with Crippen molar-refractivity contribution in [2.24, 2.45) is 0 Å². The van der Waals surface area contributed by atoms with Crippen LogP contribution in [0.1, 0.15) is 0 Å². The summed E-state index contributed by atoms with van der Waals surface area (Å²) in [6.07, 6.45) is 1.44. The number of anilines is 1. The zero-order valence-corrected chi connectivity index (χ0v) is 10.2. The number of nitrogens with zero attached hydrogens (tertiary/aromatic N) is 3. The molecule has 0 aliphatic carbocycles. The number of nitro groups is 1. The minimum absolute atomic E-state index is 0.0433. The van der Waals surface area contributed by atoms with Gasteiger partial charge in [-0.3, -0.25) is 19.3 Å². The second-order valence-electron chi connectivity index (χ2n) is 3.72. The maximum atomic E-state index is 12.0. The Kier molecular flexibility index (Phi) is 3.71. The zero-order valence-electron chi connectivity index (χ0n) is 10.2. The molecule has 2 heterocycles. The van der Waals surface area contributed by atoms with Gasteiger partial charge in [0.2, 0.25) is 5.82 Å². The third-order valence-electron chi connectivity index (χ3n) is 2.49. The van der Waals surface area contributed by atoms with E-state index in [1.165, 1.54) is 13.3 Å². The van der Waals surface area contributed by atoms with E-state index in [0.717, 1.165) is 4.40 Å². The van der Waals surface area contributed by atoms with Crippen molar-refractivity contribution < 1.29 is 9.66 Å². The predicted octanol–water partition coefficient (Wildman–Crippen LogP) is 0.661. The largest absolute Gasteiger partial charge is 0.383 e. The molecule has 0 aromatic carbocycles. The number of fused-ring (bicyclic) bond motifs is 1. The van der Waals surface area contributed by atoms with Crippen molar-refractivity contribution in [2.45, 2.75) is 0 Å². The molecular weight excluding hydrogens is 252 g/mol. The van der Waals surface area contributed by atoms with E-state index in [-0.39, 0.29) is 5.82 Å². The molecule has 0 fully saturated rings. The molecule has 0 radical (unpaired) electrons. The highest BCUT2D eigenvalue weighted by Gasteiger charge is 2.22. The summed E-state index contributed by atoms with van der Waals surface area (Å²) in [6, 6.07) is 4.91. The van der Waals surface area contributed by atoms with Gasteiger partial charge in [0, 0.05) is 19.9 Å². The lowest BCUT2D eigenvalue weighted by atomic mass is 10.4. The number of hydrogen-bond acceptors (Lipinski definition) is 6. The van der Waals surface area contributed by atoms with Gasteiger partial charge in [-0.15, -0.1) is 0 Å². The fourth-order valence-electron chi connectivity index (χ4n) is 1.64. The van der Waals surface area contributed by atoms with Crippen LogP contribution in [0.25, 0.3) is 5.65 Å². The van der Waals surface area contributed by atoms with E-state index < -0.39 is 16.2 Å². The van der Waals surface area contributed by atoms with Gasteiger partial charge >= 0.3 is 11.2 Å². The number of hydrogen-bond donors (Lipinski definition) is 1. The van der Waals surface area contributed by atoms with Gasteiger partial charge in [-0.1, -0.05) is 6.07 Å². The van der Waals surface area contributed by atoms with E-state index in [2.05, 4.69) is 10.3 Å². The van der Waals surface area contributed by atoms with Crippen molar-refractivity contribution in [1.82, 2.24) is 9.38 Å². The monoisotopic (exact) mass is 264 g/mol. The lowest BCUT2D eigenvalue weighted by Crippen LogP contribution is -2.22. The van der Waals surface area contributed by atoms with Crippen LogP contribution >= 0.6 is 0 Å². The van der Waals surface area contributed by atoms with Crippen LogP contribution in [0.2, 0.25) is 0 Å². The third-order valence-corrected chi connectivity index (χ3v) is 2.49. The van der Waals surface area contributed by atoms with Crippen LogP contribution in [0.4, 0.5) is 11.5 Å². The van der Waals surface area contributed by atoms with Gasteiger partial charge in [0.05, 0.1) is 11.5 Å². The van der Waals surface area contributed by atoms with Crippen LogP contribution in [0.5, 0.6) is 0 Å². The SMILES string of the molecule is COCCNc1nc2ccccn2c(=O)c1[N+](=O)[O-]. The maximum absolute atomic E-state index is 12.0. The van der Waals surface area contributed by atoms with E-state index in [9.17, 15) is 14.9 Å². The van der Waals surface area contributed by atoms with E-state index >= 15 is 0 Å². The van der Waals surface area contributed by atoms with Crippen molar-refractivity contribution in [3.63, 3.8) is 0 Å². The highest BCUT2D eigenvalue weighted by atomic mass is 16.6. The molecule has 0 spiro atoms. The topological polar surface area (TPSA) is 98.8 Å². The lowest BCUT2D eigenvalue weighted by Gasteiger charge is -2.07. The Morgan fingerprint density at radius 2 is 2.32 bits per heavy atom. The number of aromatic nitrogens is 2. The van der Waals surface area contributed by atoms with Gasteiger partial charge < -0.3 is 10.1 Å². The van der Waals surface area contributed by atoms with E-state index in [4.69, 9.17) is 4.74 Å². The molecule has 0 atom stereocenters. The summed E-state index contributed by atoms with van der Waals surface area (Å²) in [5.74, 6) is -0.0433. The number of rotatable bonds is 5. The van der Waals surface area contributed by atoms with E-state index in [0.29, 0.717) is 18.8 Å². The van der Waals surface area contributed by atoms with E-state index in [1.807, 2.05) is 0 Å². The molecule has 0 amide bonds. The molecule has 0 aliphatic heterocycles. The van der Waals surface area contributed by atoms with Crippen LogP contribution in [0, 0.1) is 10.1 Å². The second kappa shape index (κ2) is 5.44. The molecule has 2 rings (SSSR count). The molecule has 0 saturated carbocycles. The number of nitrogens with one attached hydrogen (secondary N) is 1. The van der Waals surface area contributed by atoms with Crippen molar-refractivity contribution in [3.05, 3.63) is 44.9 Å². The lowest BCUT2D eigenvalue weighted by molar-refractivity contribution is -0.385. The average molecular weight is 264 g/mol. The second-order valence-corrected chi connectivity index (χ2v) is 3.72. The fourth-order valence-corrected chi connectivity index (χ4v) is 1.64. The van der Waals surface area contributed by atoms with Crippen molar-refractivity contribution in [1.29, 1.82) is 0 Å². The number of ether oxygens (including phenoxy) is 1. The summed E-state index contributed by atoms with van der Waals surface area (Å²) in [5.41, 5.74) is -0.937. The first-order valence-electron chi connectivity index (χ1n) is 5.53. The van der Waals surface area contributed by atoms with Crippen molar-refractivity contribution in [2.75, 3.05) is 25.6 Å². The standard InChI is InChI=1S/C11H12N4O4/c1-19-7-5-12-10-9(15(17)18)11(16)14-6-3-2-4-8(14)13-10/h2-4,6,12H,5,7H2,1H3. The number of pyridine rings is 1. The molecule has 0 unspecified atom stereocenters. The summed E-state index contributed by atoms with van der Waals surface area (Å²) in [7, 11) is 1.51. The van der Waals surface area contributed by atoms with Crippen molar-refractivity contribution in [3.8, 4) is 0 Å². The maximum Gasteiger partial charge on any atom is 0.376 e. The predicted molar refractivity (Wildman–Crippen MR) is 68.5 cm³/mol. The van der Waals surface area contributed by atoms with Gasteiger partial charge in [0.1, 0.15) is 5.65 Å². The summed E-state index contributed by atoms with van der Waals surface area (Å²) < 4.78 is 5.98. The Morgan fingerprint density at radius 1 is 1.53 bits per heavy atom. The molecular formula is C11H12N4O4. The Bertz CT molecular complexity index is 667. The van der Waals surface area contributed by atoms with Gasteiger partial charge in [-0.2, -0.15) is 0 Å². The van der Waals surface area contributed by atoms with Crippen molar-refractivity contribution >= 4 is 17.2 Å². The van der Waals surface area contributed by atoms with Gasteiger partial charge in [0.25, 0.3) is 0 Å². The fraction of sp³-hybridized carbons (Fsp3) is 0.273. The van der Waals surface area contributed by atoms with Gasteiger partial charge in [-0.25, -0.2) is 4.98 Å². The summed E-state index contributed by atoms with van der Waals surface area (Å²) in [5, 5.41) is 13.7. The summed E-state index contributed by atoms with van der Waals surface area (Å²) in [4.78, 5) is 26.4. The molecule has 19 heavy (non-hydrogen) atoms. The quantitative estimate of drug-likeness (QED) is 0.484. The zero-order chi connectivity index (χ0) is 13.8. The Labute approximate surface area is 107 Å². The van der Waals surface area contributed by atoms with Crippen LogP contribution in [-0.2, 0) is 4.74 Å². The normalized spacial score (nSPS) is 10.6. The summed E-state index contributed by atoms with van der Waals surface area (Å²) in [6.45, 7) is 0.680. The molecule has 8 nitrogen and oxygen atoms in total. The van der Waals surface area contributed by atoms with E-state index in [1.54, 1.807) is 18.2 Å². The van der Waals surface area contributed by atoms with Crippen LogP contribution in [-0.4, -0.2) is 34.6 Å². The smallest absolute Gasteiger partial charge is 0.376 e. The first-order chi connectivity index (χ1) is 9.15. The van der Waals surface area contributed by atoms with Crippen LogP contribution in [0.3, 0.4) is 0 Å². The minimum atomic E-state index is -0.732. The average Bonchev–Trinajstić information content (AvgIpc) is 2.39. The van der Waals surface area contributed by atoms with Gasteiger partial charge in [0.15, 0.2) is 0 Å². The molecule has 0 saturated heterocycles. The van der Waals surface area contributed by atoms with Gasteiger partial charge in [-0.05, 0) is 12.1 Å². The molecule has 1 N–H and O–H groups in total. The first-order valence-corrected chi connectivity index (χ1v) is 5.53.